The van der Waals surface area contributed by atoms with Crippen LogP contribution in [0.3, 0.4) is 0 Å². The molecule has 2 aromatic carbocycles. The van der Waals surface area contributed by atoms with Gasteiger partial charge in [0, 0.05) is 30.6 Å². The van der Waals surface area contributed by atoms with Crippen LogP contribution in [-0.4, -0.2) is 39.4 Å². The minimum absolute atomic E-state index is 0.0108. The van der Waals surface area contributed by atoms with E-state index in [0.29, 0.717) is 34.8 Å². The third-order valence-corrected chi connectivity index (χ3v) is 7.23. The molecule has 0 saturated heterocycles. The van der Waals surface area contributed by atoms with Crippen LogP contribution in [0.5, 0.6) is 0 Å². The second-order valence-electron chi connectivity index (χ2n) is 8.41. The molecule has 0 saturated carbocycles. The Kier molecular flexibility index (Phi) is 7.05. The number of ether oxygens (including phenoxy) is 1. The molecule has 34 heavy (non-hydrogen) atoms. The number of hydrogen-bond acceptors (Lipinski definition) is 5. The highest BCUT2D eigenvalue weighted by molar-refractivity contribution is 7.99. The Labute approximate surface area is 203 Å². The largest absolute Gasteiger partial charge is 0.383 e. The number of benzene rings is 2. The highest BCUT2D eigenvalue weighted by Crippen LogP contribution is 2.26. The van der Waals surface area contributed by atoms with Crippen molar-refractivity contribution >= 4 is 28.4 Å². The van der Waals surface area contributed by atoms with Crippen LogP contribution in [0.2, 0.25) is 0 Å². The predicted octanol–water partition coefficient (Wildman–Crippen LogP) is 5.04. The Morgan fingerprint density at radius 1 is 1.06 bits per heavy atom. The van der Waals surface area contributed by atoms with Crippen LogP contribution in [-0.2, 0) is 11.3 Å². The fourth-order valence-corrected chi connectivity index (χ4v) is 5.11. The molecule has 0 fully saturated rings. The summed E-state index contributed by atoms with van der Waals surface area (Å²) < 4.78 is 8.94. The van der Waals surface area contributed by atoms with E-state index in [1.54, 1.807) is 17.7 Å². The number of para-hydroxylation sites is 1. The summed E-state index contributed by atoms with van der Waals surface area (Å²) in [5.41, 5.74) is 6.04. The third-order valence-electron chi connectivity index (χ3n) is 6.29. The molecule has 4 rings (SSSR count). The first-order chi connectivity index (χ1) is 16.3. The van der Waals surface area contributed by atoms with Crippen molar-refractivity contribution in [1.82, 2.24) is 14.1 Å². The van der Waals surface area contributed by atoms with Crippen LogP contribution in [0.4, 0.5) is 0 Å². The van der Waals surface area contributed by atoms with Gasteiger partial charge in [-0.15, -0.1) is 0 Å². The van der Waals surface area contributed by atoms with Crippen molar-refractivity contribution in [3.8, 4) is 5.69 Å². The summed E-state index contributed by atoms with van der Waals surface area (Å²) in [6, 6.07) is 15.1. The molecule has 7 heteroatoms. The number of fused-ring (bicyclic) bond motifs is 1. The lowest BCUT2D eigenvalue weighted by molar-refractivity contribution is 0.102. The van der Waals surface area contributed by atoms with Gasteiger partial charge in [-0.3, -0.25) is 14.2 Å². The first-order valence-corrected chi connectivity index (χ1v) is 12.2. The molecule has 0 aliphatic heterocycles. The summed E-state index contributed by atoms with van der Waals surface area (Å²) >= 11 is 1.30. The maximum absolute atomic E-state index is 13.5. The van der Waals surface area contributed by atoms with Crippen LogP contribution < -0.4 is 5.56 Å². The monoisotopic (exact) mass is 475 g/mol. The molecule has 0 radical (unpaired) electrons. The first-order valence-electron chi connectivity index (χ1n) is 11.2. The van der Waals surface area contributed by atoms with Crippen LogP contribution in [0.25, 0.3) is 16.6 Å². The third kappa shape index (κ3) is 4.45. The second-order valence-corrected chi connectivity index (χ2v) is 9.35. The van der Waals surface area contributed by atoms with E-state index in [1.807, 2.05) is 70.2 Å². The number of aromatic nitrogens is 3. The van der Waals surface area contributed by atoms with Crippen molar-refractivity contribution in [3.63, 3.8) is 0 Å². The average Bonchev–Trinajstić information content (AvgIpc) is 3.11. The quantitative estimate of drug-likeness (QED) is 0.203. The van der Waals surface area contributed by atoms with Crippen molar-refractivity contribution in [2.24, 2.45) is 0 Å². The number of rotatable bonds is 8. The number of methoxy groups -OCH3 is 1. The molecule has 0 atom stereocenters. The van der Waals surface area contributed by atoms with Crippen LogP contribution in [0, 0.1) is 27.7 Å². The summed E-state index contributed by atoms with van der Waals surface area (Å²) in [4.78, 5) is 31.5. The number of hydrogen-bond donors (Lipinski definition) is 0. The van der Waals surface area contributed by atoms with Crippen molar-refractivity contribution in [2.45, 2.75) is 39.4 Å². The smallest absolute Gasteiger partial charge is 0.266 e. The Balaban J connectivity index is 1.73. The van der Waals surface area contributed by atoms with Gasteiger partial charge in [0.1, 0.15) is 0 Å². The lowest BCUT2D eigenvalue weighted by atomic mass is 10.1. The molecule has 0 aliphatic rings. The number of nitrogens with zero attached hydrogens (tertiary/aromatic N) is 3. The SMILES string of the molecule is COCCn1c(C)cc(C(=O)CSc2nc3ccccc3c(=O)n2-c2cccc(C)c2C)c1C. The van der Waals surface area contributed by atoms with E-state index in [2.05, 4.69) is 4.57 Å². The molecular weight excluding hydrogens is 446 g/mol. The van der Waals surface area contributed by atoms with Gasteiger partial charge < -0.3 is 9.30 Å². The van der Waals surface area contributed by atoms with Crippen molar-refractivity contribution in [1.29, 1.82) is 0 Å². The summed E-state index contributed by atoms with van der Waals surface area (Å²) in [7, 11) is 1.67. The molecule has 2 heterocycles. The zero-order valence-electron chi connectivity index (χ0n) is 20.2. The Morgan fingerprint density at radius 3 is 2.59 bits per heavy atom. The Bertz CT molecular complexity index is 1440. The lowest BCUT2D eigenvalue weighted by Gasteiger charge is -2.16. The average molecular weight is 476 g/mol. The molecule has 0 amide bonds. The van der Waals surface area contributed by atoms with Crippen molar-refractivity contribution in [3.05, 3.63) is 87.0 Å². The van der Waals surface area contributed by atoms with Gasteiger partial charge in [-0.25, -0.2) is 4.98 Å². The number of Topliss-reactive ketones (excluding diaryl/α,β-unsaturated/α-hetero) is 1. The Morgan fingerprint density at radius 2 is 1.82 bits per heavy atom. The van der Waals surface area contributed by atoms with Gasteiger partial charge in [-0.1, -0.05) is 36.0 Å². The van der Waals surface area contributed by atoms with E-state index < -0.39 is 0 Å². The summed E-state index contributed by atoms with van der Waals surface area (Å²) in [6.07, 6.45) is 0. The molecule has 0 bridgehead atoms. The standard InChI is InChI=1S/C27H29N3O3S/c1-17-9-8-12-24(19(17)3)30-26(32)21-10-6-7-11-23(21)28-27(30)34-16-25(31)22-15-18(2)29(20(22)4)13-14-33-5/h6-12,15H,13-14,16H2,1-5H3. The van der Waals surface area contributed by atoms with Gasteiger partial charge in [0.05, 0.1) is 29.0 Å². The fourth-order valence-electron chi connectivity index (χ4n) is 4.22. The highest BCUT2D eigenvalue weighted by Gasteiger charge is 2.19. The molecular formula is C27H29N3O3S. The Hall–Kier alpha value is -3.16. The topological polar surface area (TPSA) is 66.1 Å². The van der Waals surface area contributed by atoms with Crippen molar-refractivity contribution in [2.75, 3.05) is 19.5 Å². The molecule has 0 N–H and O–H groups in total. The number of thioether (sulfide) groups is 1. The van der Waals surface area contributed by atoms with Crippen LogP contribution >= 0.6 is 11.8 Å². The van der Waals surface area contributed by atoms with Crippen molar-refractivity contribution < 1.29 is 9.53 Å². The first kappa shape index (κ1) is 24.0. The summed E-state index contributed by atoms with van der Waals surface area (Å²) in [5, 5.41) is 1.07. The van der Waals surface area contributed by atoms with Gasteiger partial charge >= 0.3 is 0 Å². The van der Waals surface area contributed by atoms with Gasteiger partial charge in [0.25, 0.3) is 5.56 Å². The second kappa shape index (κ2) is 9.99. The number of carbonyl (C=O) groups is 1. The number of ketones is 1. The van der Waals surface area contributed by atoms with E-state index in [-0.39, 0.29) is 17.1 Å². The fraction of sp³-hybridized carbons (Fsp3) is 0.296. The molecule has 0 spiro atoms. The van der Waals surface area contributed by atoms with Crippen LogP contribution in [0.1, 0.15) is 32.9 Å². The van der Waals surface area contributed by atoms with Crippen LogP contribution in [0.15, 0.2) is 58.5 Å². The van der Waals surface area contributed by atoms with Gasteiger partial charge in [0.15, 0.2) is 10.9 Å². The minimum atomic E-state index is -0.132. The van der Waals surface area contributed by atoms with Gasteiger partial charge in [0.2, 0.25) is 0 Å². The molecule has 0 unspecified atom stereocenters. The summed E-state index contributed by atoms with van der Waals surface area (Å²) in [6.45, 7) is 9.26. The minimum Gasteiger partial charge on any atom is -0.383 e. The maximum Gasteiger partial charge on any atom is 0.266 e. The molecule has 0 aliphatic carbocycles. The summed E-state index contributed by atoms with van der Waals surface area (Å²) in [5.74, 6) is 0.196. The zero-order chi connectivity index (χ0) is 24.4. The van der Waals surface area contributed by atoms with Gasteiger partial charge in [-0.05, 0) is 63.1 Å². The van der Waals surface area contributed by atoms with E-state index in [1.165, 1.54) is 11.8 Å². The molecule has 2 aromatic heterocycles. The normalized spacial score (nSPS) is 11.3. The van der Waals surface area contributed by atoms with E-state index in [9.17, 15) is 9.59 Å². The highest BCUT2D eigenvalue weighted by atomic mass is 32.2. The zero-order valence-corrected chi connectivity index (χ0v) is 21.0. The molecule has 6 nitrogen and oxygen atoms in total. The lowest BCUT2D eigenvalue weighted by Crippen LogP contribution is -2.23. The van der Waals surface area contributed by atoms with Gasteiger partial charge in [-0.2, -0.15) is 0 Å². The number of aryl methyl sites for hydroxylation is 2. The predicted molar refractivity (Wildman–Crippen MR) is 138 cm³/mol. The molecule has 176 valence electrons. The van der Waals surface area contributed by atoms with E-state index in [0.717, 1.165) is 28.2 Å². The van der Waals surface area contributed by atoms with E-state index in [4.69, 9.17) is 9.72 Å². The van der Waals surface area contributed by atoms with E-state index >= 15 is 0 Å². The molecule has 4 aromatic rings. The maximum atomic E-state index is 13.5. The number of carbonyl (C=O) groups excluding carboxylic acids is 1.